The molecular formula is C41H66Cl2N4O10. The van der Waals surface area contributed by atoms with E-state index in [1.54, 1.807) is 101 Å². The van der Waals surface area contributed by atoms with Gasteiger partial charge in [-0.2, -0.15) is 0 Å². The molecule has 0 aliphatic carbocycles. The van der Waals surface area contributed by atoms with E-state index in [0.717, 1.165) is 0 Å². The van der Waals surface area contributed by atoms with Crippen LogP contribution in [0.4, 0.5) is 0 Å². The quantitative estimate of drug-likeness (QED) is 0.146. The highest BCUT2D eigenvalue weighted by Gasteiger charge is 2.33. The molecule has 0 bridgehead atoms. The summed E-state index contributed by atoms with van der Waals surface area (Å²) in [4.78, 5) is 74.2. The van der Waals surface area contributed by atoms with E-state index in [1.165, 1.54) is 0 Å². The molecule has 0 aromatic heterocycles. The Bertz CT molecular complexity index is 1450. The second-order valence-electron chi connectivity index (χ2n) is 18.2. The molecule has 0 N–H and O–H groups in total. The van der Waals surface area contributed by atoms with Crippen LogP contribution in [0.2, 0.25) is 10.0 Å². The Labute approximate surface area is 349 Å². The van der Waals surface area contributed by atoms with Crippen LogP contribution >= 0.6 is 23.2 Å². The minimum atomic E-state index is -0.920. The molecule has 1 aliphatic rings. The van der Waals surface area contributed by atoms with Crippen molar-refractivity contribution >= 4 is 53.0 Å². The summed E-state index contributed by atoms with van der Waals surface area (Å²) < 4.78 is 28.4. The summed E-state index contributed by atoms with van der Waals surface area (Å²) >= 11 is 12.5. The van der Waals surface area contributed by atoms with Gasteiger partial charge in [0.15, 0.2) is 5.75 Å². The molecule has 0 amide bonds. The maximum Gasteiger partial charge on any atom is 0.323 e. The van der Waals surface area contributed by atoms with Crippen LogP contribution in [-0.4, -0.2) is 150 Å². The Morgan fingerprint density at radius 2 is 0.877 bits per heavy atom. The zero-order chi connectivity index (χ0) is 43.4. The van der Waals surface area contributed by atoms with E-state index in [-0.39, 0.29) is 61.4 Å². The SMILES string of the molecule is CC(C)(C)OC(=O)CN1CCN(CC(=O)OC(C)(C)C)CCN([C@H](CCC(=O)Oc2c(Cl)cccc2Cl)C(=O)OC(C)(C)C)CCN(CC(=O)OC(C)(C)C)CC1. The minimum absolute atomic E-state index is 0.000172. The Balaban J connectivity index is 2.52. The number of para-hydroxylation sites is 1. The molecule has 1 aromatic carbocycles. The summed E-state index contributed by atoms with van der Waals surface area (Å²) in [7, 11) is 0. The zero-order valence-electron chi connectivity index (χ0n) is 36.1. The second-order valence-corrected chi connectivity index (χ2v) is 19.1. The number of rotatable bonds is 12. The van der Waals surface area contributed by atoms with Crippen LogP contribution < -0.4 is 4.74 Å². The monoisotopic (exact) mass is 844 g/mol. The Morgan fingerprint density at radius 3 is 1.21 bits per heavy atom. The predicted molar refractivity (Wildman–Crippen MR) is 219 cm³/mol. The molecule has 16 heteroatoms. The summed E-state index contributed by atoms with van der Waals surface area (Å²) in [5.74, 6) is -2.40. The second kappa shape index (κ2) is 21.8. The Morgan fingerprint density at radius 1 is 0.544 bits per heavy atom. The number of halogens is 2. The number of benzene rings is 1. The van der Waals surface area contributed by atoms with Crippen molar-refractivity contribution in [3.05, 3.63) is 28.2 Å². The number of carbonyl (C=O) groups excluding carboxylic acids is 5. The van der Waals surface area contributed by atoms with Gasteiger partial charge in [-0.05, 0) is 102 Å². The van der Waals surface area contributed by atoms with Crippen molar-refractivity contribution in [2.24, 2.45) is 0 Å². The average molecular weight is 846 g/mol. The summed E-state index contributed by atoms with van der Waals surface area (Å²) in [6.45, 7) is 24.1. The summed E-state index contributed by atoms with van der Waals surface area (Å²) in [5, 5.41) is 0.338. The normalized spacial score (nSPS) is 17.1. The lowest BCUT2D eigenvalue weighted by molar-refractivity contribution is -0.163. The number of carbonyl (C=O) groups is 5. The van der Waals surface area contributed by atoms with Crippen molar-refractivity contribution in [3.8, 4) is 5.75 Å². The molecule has 14 nitrogen and oxygen atoms in total. The van der Waals surface area contributed by atoms with Gasteiger partial charge in [-0.3, -0.25) is 43.6 Å². The molecule has 1 fully saturated rings. The van der Waals surface area contributed by atoms with Crippen molar-refractivity contribution in [2.45, 2.75) is 124 Å². The molecule has 1 aromatic rings. The first-order chi connectivity index (χ1) is 26.1. The van der Waals surface area contributed by atoms with E-state index in [1.807, 2.05) is 19.6 Å². The van der Waals surface area contributed by atoms with Crippen LogP contribution in [0.5, 0.6) is 5.75 Å². The fraction of sp³-hybridized carbons (Fsp3) is 0.732. The van der Waals surface area contributed by atoms with Crippen molar-refractivity contribution in [2.75, 3.05) is 72.0 Å². The molecule has 0 saturated carbocycles. The minimum Gasteiger partial charge on any atom is -0.459 e. The van der Waals surface area contributed by atoms with E-state index in [0.29, 0.717) is 39.3 Å². The standard InChI is InChI=1S/C41H66Cl2N4O10/c1-38(2,3)54-33(49)26-44-18-20-45(27-34(50)55-39(4,5)6)22-24-47(25-23-46(21-19-44)28-35(51)56-40(7,8)9)31(37(52)57-41(10,11)12)16-17-32(48)53-36-29(42)14-13-15-30(36)43/h13-15,31H,16-28H2,1-12H3/t31-/m1/s1. The smallest absolute Gasteiger partial charge is 0.323 e. The van der Waals surface area contributed by atoms with Gasteiger partial charge in [0.25, 0.3) is 0 Å². The molecule has 0 radical (unpaired) electrons. The van der Waals surface area contributed by atoms with Crippen LogP contribution in [0.15, 0.2) is 18.2 Å². The molecular weight excluding hydrogens is 779 g/mol. The first-order valence-corrected chi connectivity index (χ1v) is 20.3. The zero-order valence-corrected chi connectivity index (χ0v) is 37.6. The van der Waals surface area contributed by atoms with Gasteiger partial charge in [0.1, 0.15) is 28.4 Å². The van der Waals surface area contributed by atoms with E-state index in [2.05, 4.69) is 0 Å². The summed E-state index contributed by atoms with van der Waals surface area (Å²) in [6, 6.07) is 3.82. The van der Waals surface area contributed by atoms with Crippen molar-refractivity contribution in [1.82, 2.24) is 19.6 Å². The highest BCUT2D eigenvalue weighted by atomic mass is 35.5. The fourth-order valence-electron chi connectivity index (χ4n) is 5.83. The largest absolute Gasteiger partial charge is 0.459 e. The summed E-state index contributed by atoms with van der Waals surface area (Å²) in [5.41, 5.74) is -2.93. The van der Waals surface area contributed by atoms with Crippen molar-refractivity contribution in [3.63, 3.8) is 0 Å². The highest BCUT2D eigenvalue weighted by molar-refractivity contribution is 6.37. The van der Waals surface area contributed by atoms with Crippen LogP contribution in [0.25, 0.3) is 0 Å². The maximum atomic E-state index is 14.0. The van der Waals surface area contributed by atoms with Gasteiger partial charge in [0.05, 0.1) is 29.7 Å². The molecule has 2 rings (SSSR count). The van der Waals surface area contributed by atoms with Gasteiger partial charge in [0, 0.05) is 58.8 Å². The van der Waals surface area contributed by atoms with Gasteiger partial charge < -0.3 is 23.7 Å². The number of nitrogens with zero attached hydrogens (tertiary/aromatic N) is 4. The van der Waals surface area contributed by atoms with Crippen LogP contribution in [0.1, 0.15) is 95.9 Å². The lowest BCUT2D eigenvalue weighted by Crippen LogP contribution is -2.53. The molecule has 0 unspecified atom stereocenters. The molecule has 1 atom stereocenters. The molecule has 324 valence electrons. The van der Waals surface area contributed by atoms with Gasteiger partial charge >= 0.3 is 29.8 Å². The van der Waals surface area contributed by atoms with Crippen molar-refractivity contribution in [1.29, 1.82) is 0 Å². The topological polar surface area (TPSA) is 144 Å². The number of ether oxygens (including phenoxy) is 5. The number of hydrogen-bond acceptors (Lipinski definition) is 14. The van der Waals surface area contributed by atoms with Crippen molar-refractivity contribution < 1.29 is 47.7 Å². The third-order valence-electron chi connectivity index (χ3n) is 8.07. The van der Waals surface area contributed by atoms with Crippen LogP contribution in [0.3, 0.4) is 0 Å². The fourth-order valence-corrected chi connectivity index (χ4v) is 6.30. The number of hydrogen-bond donors (Lipinski definition) is 0. The lowest BCUT2D eigenvalue weighted by Gasteiger charge is -2.37. The Hall–Kier alpha value is -3.01. The lowest BCUT2D eigenvalue weighted by atomic mass is 10.1. The highest BCUT2D eigenvalue weighted by Crippen LogP contribution is 2.33. The first-order valence-electron chi connectivity index (χ1n) is 19.5. The van der Waals surface area contributed by atoms with Gasteiger partial charge in [0.2, 0.25) is 0 Å². The van der Waals surface area contributed by atoms with Gasteiger partial charge in [-0.15, -0.1) is 0 Å². The number of esters is 5. The molecule has 57 heavy (non-hydrogen) atoms. The molecule has 1 aliphatic heterocycles. The molecule has 1 heterocycles. The average Bonchev–Trinajstić information content (AvgIpc) is 3.00. The predicted octanol–water partition coefficient (Wildman–Crippen LogP) is 5.64. The van der Waals surface area contributed by atoms with Crippen LogP contribution in [-0.2, 0) is 42.9 Å². The van der Waals surface area contributed by atoms with E-state index in [4.69, 9.17) is 46.9 Å². The third-order valence-corrected chi connectivity index (χ3v) is 8.66. The van der Waals surface area contributed by atoms with Gasteiger partial charge in [-0.1, -0.05) is 29.3 Å². The maximum absolute atomic E-state index is 14.0. The first kappa shape index (κ1) is 50.1. The van der Waals surface area contributed by atoms with Crippen LogP contribution in [0, 0.1) is 0 Å². The van der Waals surface area contributed by atoms with E-state index in [9.17, 15) is 24.0 Å². The molecule has 0 spiro atoms. The van der Waals surface area contributed by atoms with E-state index >= 15 is 0 Å². The Kier molecular flexibility index (Phi) is 19.2. The third kappa shape index (κ3) is 21.5. The summed E-state index contributed by atoms with van der Waals surface area (Å²) in [6.07, 6.45) is -0.150. The van der Waals surface area contributed by atoms with E-state index < -0.39 is 58.3 Å². The van der Waals surface area contributed by atoms with Gasteiger partial charge in [-0.25, -0.2) is 0 Å². The molecule has 1 saturated heterocycles.